The molecule has 0 aliphatic carbocycles. The van der Waals surface area contributed by atoms with Crippen molar-refractivity contribution >= 4 is 15.9 Å². The molecule has 0 N–H and O–H groups in total. The van der Waals surface area contributed by atoms with E-state index in [9.17, 15) is 0 Å². The van der Waals surface area contributed by atoms with Gasteiger partial charge >= 0.3 is 0 Å². The highest BCUT2D eigenvalue weighted by Crippen LogP contribution is 2.34. The van der Waals surface area contributed by atoms with Crippen molar-refractivity contribution < 1.29 is 0 Å². The number of pyridine rings is 1. The summed E-state index contributed by atoms with van der Waals surface area (Å²) >= 11 is 3.51. The summed E-state index contributed by atoms with van der Waals surface area (Å²) in [7, 11) is 0. The predicted octanol–water partition coefficient (Wildman–Crippen LogP) is 6.69. The third kappa shape index (κ3) is 4.21. The van der Waals surface area contributed by atoms with E-state index in [4.69, 9.17) is 0 Å². The Labute approximate surface area is 176 Å². The van der Waals surface area contributed by atoms with Gasteiger partial charge in [0.2, 0.25) is 0 Å². The zero-order valence-corrected chi connectivity index (χ0v) is 18.2. The van der Waals surface area contributed by atoms with E-state index in [2.05, 4.69) is 88.2 Å². The lowest BCUT2D eigenvalue weighted by Gasteiger charge is -2.31. The van der Waals surface area contributed by atoms with Gasteiger partial charge in [-0.3, -0.25) is 0 Å². The van der Waals surface area contributed by atoms with Crippen molar-refractivity contribution in [3.63, 3.8) is 0 Å². The highest BCUT2D eigenvalue weighted by atomic mass is 79.9. The van der Waals surface area contributed by atoms with Crippen LogP contribution in [0.1, 0.15) is 36.8 Å². The first-order chi connectivity index (χ1) is 13.6. The van der Waals surface area contributed by atoms with E-state index >= 15 is 0 Å². The van der Waals surface area contributed by atoms with Crippen molar-refractivity contribution in [2.75, 3.05) is 19.6 Å². The number of halogens is 1. The van der Waals surface area contributed by atoms with Crippen LogP contribution in [0, 0.1) is 6.92 Å². The van der Waals surface area contributed by atoms with Crippen LogP contribution in [0.4, 0.5) is 0 Å². The molecule has 2 heterocycles. The fraction of sp³-hybridized carbons (Fsp3) is 0.320. The summed E-state index contributed by atoms with van der Waals surface area (Å²) in [4.78, 5) is 7.24. The number of nitrogens with zero attached hydrogens (tertiary/aromatic N) is 2. The van der Waals surface area contributed by atoms with Gasteiger partial charge in [-0.15, -0.1) is 0 Å². The van der Waals surface area contributed by atoms with Gasteiger partial charge in [-0.2, -0.15) is 0 Å². The highest BCUT2D eigenvalue weighted by molar-refractivity contribution is 9.10. The first-order valence-corrected chi connectivity index (χ1v) is 11.0. The molecule has 0 bridgehead atoms. The molecule has 1 aliphatic rings. The van der Waals surface area contributed by atoms with E-state index in [1.54, 1.807) is 0 Å². The standard InChI is InChI=1S/C25H27BrN2/c1-3-28-15-13-20(14-16-28)19-8-10-21(11-9-19)22-12-7-18(2)17-23(22)24-5-4-6-25(26)27-24/h4-12,17,20H,3,13-16H2,1-2H3. The van der Waals surface area contributed by atoms with Crippen molar-refractivity contribution in [2.45, 2.75) is 32.6 Å². The molecule has 3 heteroatoms. The Morgan fingerprint density at radius 3 is 2.39 bits per heavy atom. The number of aromatic nitrogens is 1. The third-order valence-corrected chi connectivity index (χ3v) is 6.34. The summed E-state index contributed by atoms with van der Waals surface area (Å²) < 4.78 is 0.867. The molecule has 1 fully saturated rings. The van der Waals surface area contributed by atoms with E-state index < -0.39 is 0 Å². The van der Waals surface area contributed by atoms with Crippen LogP contribution < -0.4 is 0 Å². The minimum atomic E-state index is 0.695. The van der Waals surface area contributed by atoms with Gasteiger partial charge in [0.15, 0.2) is 0 Å². The van der Waals surface area contributed by atoms with Crippen molar-refractivity contribution in [3.05, 3.63) is 76.4 Å². The minimum absolute atomic E-state index is 0.695. The maximum absolute atomic E-state index is 4.69. The van der Waals surface area contributed by atoms with E-state index in [1.165, 1.54) is 60.3 Å². The van der Waals surface area contributed by atoms with Gasteiger partial charge in [0.1, 0.15) is 4.60 Å². The fourth-order valence-electron chi connectivity index (χ4n) is 4.20. The SMILES string of the molecule is CCN1CCC(c2ccc(-c3ccc(C)cc3-c3cccc(Br)n3)cc2)CC1. The second-order valence-corrected chi connectivity index (χ2v) is 8.54. The first-order valence-electron chi connectivity index (χ1n) is 10.2. The van der Waals surface area contributed by atoms with Crippen LogP contribution in [0.25, 0.3) is 22.4 Å². The molecule has 1 aliphatic heterocycles. The lowest BCUT2D eigenvalue weighted by molar-refractivity contribution is 0.222. The molecule has 0 radical (unpaired) electrons. The summed E-state index contributed by atoms with van der Waals surface area (Å²) in [6.07, 6.45) is 2.54. The Morgan fingerprint density at radius 2 is 1.71 bits per heavy atom. The number of hydrogen-bond donors (Lipinski definition) is 0. The molecular formula is C25H27BrN2. The topological polar surface area (TPSA) is 16.1 Å². The van der Waals surface area contributed by atoms with Crippen LogP contribution >= 0.6 is 15.9 Å². The maximum Gasteiger partial charge on any atom is 0.106 e. The quantitative estimate of drug-likeness (QED) is 0.425. The summed E-state index contributed by atoms with van der Waals surface area (Å²) in [6.45, 7) is 8.01. The number of rotatable bonds is 4. The Balaban J connectivity index is 1.63. The smallest absolute Gasteiger partial charge is 0.106 e. The number of aryl methyl sites for hydroxylation is 1. The number of benzene rings is 2. The lowest BCUT2D eigenvalue weighted by atomic mass is 9.88. The zero-order chi connectivity index (χ0) is 19.5. The van der Waals surface area contributed by atoms with Gasteiger partial charge in [0.25, 0.3) is 0 Å². The Morgan fingerprint density at radius 1 is 0.964 bits per heavy atom. The molecule has 2 nitrogen and oxygen atoms in total. The largest absolute Gasteiger partial charge is 0.304 e. The van der Waals surface area contributed by atoms with Gasteiger partial charge in [0, 0.05) is 5.56 Å². The van der Waals surface area contributed by atoms with Crippen LogP contribution in [-0.4, -0.2) is 29.5 Å². The molecule has 0 saturated carbocycles. The maximum atomic E-state index is 4.69. The predicted molar refractivity (Wildman–Crippen MR) is 122 cm³/mol. The first kappa shape index (κ1) is 19.4. The van der Waals surface area contributed by atoms with E-state index in [0.29, 0.717) is 5.92 Å². The van der Waals surface area contributed by atoms with Gasteiger partial charge in [-0.05, 0) is 96.1 Å². The van der Waals surface area contributed by atoms with Crippen molar-refractivity contribution in [1.82, 2.24) is 9.88 Å². The van der Waals surface area contributed by atoms with Crippen LogP contribution in [0.5, 0.6) is 0 Å². The van der Waals surface area contributed by atoms with Crippen LogP contribution in [0.2, 0.25) is 0 Å². The molecule has 3 aromatic rings. The number of piperidine rings is 1. The second-order valence-electron chi connectivity index (χ2n) is 7.73. The highest BCUT2D eigenvalue weighted by Gasteiger charge is 2.19. The van der Waals surface area contributed by atoms with E-state index in [1.807, 2.05) is 12.1 Å². The number of hydrogen-bond acceptors (Lipinski definition) is 2. The molecule has 0 atom stereocenters. The van der Waals surface area contributed by atoms with Crippen molar-refractivity contribution in [2.24, 2.45) is 0 Å². The van der Waals surface area contributed by atoms with Crippen LogP contribution in [-0.2, 0) is 0 Å². The zero-order valence-electron chi connectivity index (χ0n) is 16.7. The minimum Gasteiger partial charge on any atom is -0.304 e. The average Bonchev–Trinajstić information content (AvgIpc) is 2.74. The van der Waals surface area contributed by atoms with Crippen molar-refractivity contribution in [3.8, 4) is 22.4 Å². The Kier molecular flexibility index (Phi) is 5.93. The second kappa shape index (κ2) is 8.59. The molecule has 28 heavy (non-hydrogen) atoms. The summed E-state index contributed by atoms with van der Waals surface area (Å²) in [5, 5.41) is 0. The van der Waals surface area contributed by atoms with Gasteiger partial charge in [0.05, 0.1) is 5.69 Å². The molecular weight excluding hydrogens is 408 g/mol. The molecule has 0 amide bonds. The average molecular weight is 435 g/mol. The third-order valence-electron chi connectivity index (χ3n) is 5.89. The van der Waals surface area contributed by atoms with Crippen molar-refractivity contribution in [1.29, 1.82) is 0 Å². The molecule has 1 aromatic heterocycles. The van der Waals surface area contributed by atoms with E-state index in [-0.39, 0.29) is 0 Å². The summed E-state index contributed by atoms with van der Waals surface area (Å²) in [5.74, 6) is 0.695. The fourth-order valence-corrected chi connectivity index (χ4v) is 4.54. The lowest BCUT2D eigenvalue weighted by Crippen LogP contribution is -2.32. The van der Waals surface area contributed by atoms with E-state index in [0.717, 1.165) is 10.3 Å². The van der Waals surface area contributed by atoms with Crippen LogP contribution in [0.3, 0.4) is 0 Å². The van der Waals surface area contributed by atoms with Gasteiger partial charge < -0.3 is 4.90 Å². The van der Waals surface area contributed by atoms with Gasteiger partial charge in [-0.25, -0.2) is 4.98 Å². The molecule has 4 rings (SSSR count). The molecule has 2 aromatic carbocycles. The summed E-state index contributed by atoms with van der Waals surface area (Å²) in [6, 6.07) is 22.0. The normalized spacial score (nSPS) is 15.7. The monoisotopic (exact) mass is 434 g/mol. The van der Waals surface area contributed by atoms with Crippen LogP contribution in [0.15, 0.2) is 65.3 Å². The molecule has 0 unspecified atom stereocenters. The summed E-state index contributed by atoms with van der Waals surface area (Å²) in [5.41, 5.74) is 7.41. The Bertz CT molecular complexity index is 941. The molecule has 144 valence electrons. The molecule has 0 spiro atoms. The number of likely N-dealkylation sites (tertiary alicyclic amines) is 1. The van der Waals surface area contributed by atoms with Gasteiger partial charge in [-0.1, -0.05) is 55.0 Å². The Hall–Kier alpha value is -1.97. The molecule has 1 saturated heterocycles.